The van der Waals surface area contributed by atoms with E-state index in [1.54, 1.807) is 21.0 Å². The van der Waals surface area contributed by atoms with Gasteiger partial charge >= 0.3 is 0 Å². The predicted molar refractivity (Wildman–Crippen MR) is 104 cm³/mol. The molecule has 2 rings (SSSR count). The quantitative estimate of drug-likeness (QED) is 0.665. The van der Waals surface area contributed by atoms with Crippen LogP contribution in [0.3, 0.4) is 0 Å². The third-order valence-corrected chi connectivity index (χ3v) is 6.17. The average molecular weight is 391 g/mol. The lowest BCUT2D eigenvalue weighted by atomic mass is 10.2. The maximum absolute atomic E-state index is 12.3. The van der Waals surface area contributed by atoms with Crippen LogP contribution in [0, 0.1) is 0 Å². The van der Waals surface area contributed by atoms with Gasteiger partial charge in [-0.1, -0.05) is 12.1 Å². The van der Waals surface area contributed by atoms with Crippen molar-refractivity contribution in [3.8, 4) is 5.75 Å². The maximum Gasteiger partial charge on any atom is 0.251 e. The number of hydrogen-bond donors (Lipinski definition) is 1. The monoisotopic (exact) mass is 391 g/mol. The van der Waals surface area contributed by atoms with Gasteiger partial charge in [0, 0.05) is 19.2 Å². The first-order chi connectivity index (χ1) is 12.8. The molecule has 0 aromatic heterocycles. The molecule has 1 N–H and O–H groups in total. The number of rotatable bonds is 9. The SMILES string of the molecule is COCCOc1ccc(CNC(=O)c2ccc(S(=O)(=O)C(C)C)cc2)cc1. The van der Waals surface area contributed by atoms with Crippen molar-refractivity contribution in [2.45, 2.75) is 30.5 Å². The van der Waals surface area contributed by atoms with Crippen LogP contribution >= 0.6 is 0 Å². The summed E-state index contributed by atoms with van der Waals surface area (Å²) in [5.41, 5.74) is 1.35. The van der Waals surface area contributed by atoms with Crippen molar-refractivity contribution in [2.24, 2.45) is 0 Å². The van der Waals surface area contributed by atoms with Crippen LogP contribution in [0.5, 0.6) is 5.75 Å². The first-order valence-electron chi connectivity index (χ1n) is 8.67. The summed E-state index contributed by atoms with van der Waals surface area (Å²) >= 11 is 0. The van der Waals surface area contributed by atoms with Crippen molar-refractivity contribution in [3.63, 3.8) is 0 Å². The Morgan fingerprint density at radius 2 is 1.63 bits per heavy atom. The van der Waals surface area contributed by atoms with Crippen LogP contribution in [0.15, 0.2) is 53.4 Å². The molecule has 0 saturated carbocycles. The minimum atomic E-state index is -3.34. The summed E-state index contributed by atoms with van der Waals surface area (Å²) in [5, 5.41) is 2.32. The molecular formula is C20H25NO5S. The van der Waals surface area contributed by atoms with E-state index < -0.39 is 15.1 Å². The molecule has 2 aromatic carbocycles. The number of benzene rings is 2. The van der Waals surface area contributed by atoms with Gasteiger partial charge in [0.2, 0.25) is 0 Å². The molecule has 0 bridgehead atoms. The van der Waals surface area contributed by atoms with E-state index >= 15 is 0 Å². The van der Waals surface area contributed by atoms with Crippen LogP contribution in [-0.4, -0.2) is 39.9 Å². The molecule has 146 valence electrons. The number of carbonyl (C=O) groups excluding carboxylic acids is 1. The summed E-state index contributed by atoms with van der Waals surface area (Å²) in [5.74, 6) is 0.480. The number of nitrogens with one attached hydrogen (secondary N) is 1. The minimum Gasteiger partial charge on any atom is -0.491 e. The zero-order chi connectivity index (χ0) is 19.9. The minimum absolute atomic E-state index is 0.220. The Morgan fingerprint density at radius 1 is 1.00 bits per heavy atom. The summed E-state index contributed by atoms with van der Waals surface area (Å²) in [6, 6.07) is 13.4. The van der Waals surface area contributed by atoms with Crippen LogP contribution in [-0.2, 0) is 21.1 Å². The summed E-state index contributed by atoms with van der Waals surface area (Å²) in [6.07, 6.45) is 0. The highest BCUT2D eigenvalue weighted by Gasteiger charge is 2.19. The van der Waals surface area contributed by atoms with Crippen LogP contribution in [0.4, 0.5) is 0 Å². The fourth-order valence-corrected chi connectivity index (χ4v) is 3.36. The molecule has 0 atom stereocenters. The Kier molecular flexibility index (Phi) is 7.38. The van der Waals surface area contributed by atoms with Crippen molar-refractivity contribution >= 4 is 15.7 Å². The molecule has 0 aliphatic carbocycles. The Morgan fingerprint density at radius 3 is 2.19 bits per heavy atom. The van der Waals surface area contributed by atoms with Crippen LogP contribution < -0.4 is 10.1 Å². The van der Waals surface area contributed by atoms with Gasteiger partial charge in [0.25, 0.3) is 5.91 Å². The summed E-state index contributed by atoms with van der Waals surface area (Å²) in [6.45, 7) is 4.63. The molecule has 7 heteroatoms. The number of sulfone groups is 1. The van der Waals surface area contributed by atoms with Gasteiger partial charge in [-0.25, -0.2) is 8.42 Å². The van der Waals surface area contributed by atoms with Crippen molar-refractivity contribution in [1.82, 2.24) is 5.32 Å². The zero-order valence-electron chi connectivity index (χ0n) is 15.8. The van der Waals surface area contributed by atoms with Crippen molar-refractivity contribution in [3.05, 3.63) is 59.7 Å². The number of amides is 1. The first kappa shape index (κ1) is 20.9. The molecule has 1 amide bonds. The standard InChI is InChI=1S/C20H25NO5S/c1-15(2)27(23,24)19-10-6-17(7-11-19)20(22)21-14-16-4-8-18(9-5-16)26-13-12-25-3/h4-11,15H,12-14H2,1-3H3,(H,21,22). The fourth-order valence-electron chi connectivity index (χ4n) is 2.30. The van der Waals surface area contributed by atoms with Gasteiger partial charge < -0.3 is 14.8 Å². The van der Waals surface area contributed by atoms with Gasteiger partial charge in [-0.3, -0.25) is 4.79 Å². The second kappa shape index (κ2) is 9.53. The molecule has 0 fully saturated rings. The molecule has 0 unspecified atom stereocenters. The van der Waals surface area contributed by atoms with Crippen LogP contribution in [0.2, 0.25) is 0 Å². The Bertz CT molecular complexity index is 843. The Labute approximate surface area is 160 Å². The number of ether oxygens (including phenoxy) is 2. The lowest BCUT2D eigenvalue weighted by molar-refractivity contribution is 0.0951. The Hall–Kier alpha value is -2.38. The van der Waals surface area contributed by atoms with E-state index in [9.17, 15) is 13.2 Å². The second-order valence-corrected chi connectivity index (χ2v) is 8.79. The van der Waals surface area contributed by atoms with Gasteiger partial charge in [-0.15, -0.1) is 0 Å². The molecular weight excluding hydrogens is 366 g/mol. The predicted octanol–water partition coefficient (Wildman–Crippen LogP) is 2.82. The van der Waals surface area contributed by atoms with Gasteiger partial charge in [-0.2, -0.15) is 0 Å². The zero-order valence-corrected chi connectivity index (χ0v) is 16.6. The van der Waals surface area contributed by atoms with Crippen molar-refractivity contribution in [1.29, 1.82) is 0 Å². The largest absolute Gasteiger partial charge is 0.491 e. The van der Waals surface area contributed by atoms with Crippen LogP contribution in [0.1, 0.15) is 29.8 Å². The normalized spacial score (nSPS) is 11.4. The topological polar surface area (TPSA) is 81.7 Å². The van der Waals surface area contributed by atoms with Gasteiger partial charge in [0.05, 0.1) is 16.8 Å². The van der Waals surface area contributed by atoms with Gasteiger partial charge in [0.15, 0.2) is 9.84 Å². The molecule has 0 heterocycles. The summed E-state index contributed by atoms with van der Waals surface area (Å²) in [7, 11) is -1.72. The molecule has 0 aliphatic heterocycles. The second-order valence-electron chi connectivity index (χ2n) is 6.29. The number of methoxy groups -OCH3 is 1. The van der Waals surface area contributed by atoms with E-state index in [0.717, 1.165) is 11.3 Å². The van der Waals surface area contributed by atoms with E-state index in [0.29, 0.717) is 25.3 Å². The lowest BCUT2D eigenvalue weighted by Gasteiger charge is -2.10. The molecule has 2 aromatic rings. The summed E-state index contributed by atoms with van der Waals surface area (Å²) < 4.78 is 34.6. The first-order valence-corrected chi connectivity index (χ1v) is 10.2. The van der Waals surface area contributed by atoms with E-state index in [2.05, 4.69) is 5.32 Å². The maximum atomic E-state index is 12.3. The van der Waals surface area contributed by atoms with E-state index in [1.807, 2.05) is 24.3 Å². The van der Waals surface area contributed by atoms with Crippen molar-refractivity contribution < 1.29 is 22.7 Å². The van der Waals surface area contributed by atoms with E-state index in [-0.39, 0.29) is 10.8 Å². The molecule has 0 radical (unpaired) electrons. The third-order valence-electron chi connectivity index (χ3n) is 4.00. The van der Waals surface area contributed by atoms with E-state index in [1.165, 1.54) is 24.3 Å². The highest BCUT2D eigenvalue weighted by molar-refractivity contribution is 7.92. The van der Waals surface area contributed by atoms with Gasteiger partial charge in [0.1, 0.15) is 12.4 Å². The smallest absolute Gasteiger partial charge is 0.251 e. The lowest BCUT2D eigenvalue weighted by Crippen LogP contribution is -2.23. The fraction of sp³-hybridized carbons (Fsp3) is 0.350. The summed E-state index contributed by atoms with van der Waals surface area (Å²) in [4.78, 5) is 12.5. The molecule has 6 nitrogen and oxygen atoms in total. The molecule has 0 spiro atoms. The molecule has 0 aliphatic rings. The molecule has 0 saturated heterocycles. The van der Waals surface area contributed by atoms with Crippen molar-refractivity contribution in [2.75, 3.05) is 20.3 Å². The highest BCUT2D eigenvalue weighted by atomic mass is 32.2. The van der Waals surface area contributed by atoms with Crippen LogP contribution in [0.25, 0.3) is 0 Å². The number of carbonyl (C=O) groups is 1. The Balaban J connectivity index is 1.92. The average Bonchev–Trinajstić information content (AvgIpc) is 2.67. The third kappa shape index (κ3) is 5.80. The number of hydrogen-bond acceptors (Lipinski definition) is 5. The molecule has 27 heavy (non-hydrogen) atoms. The highest BCUT2D eigenvalue weighted by Crippen LogP contribution is 2.17. The van der Waals surface area contributed by atoms with Gasteiger partial charge in [-0.05, 0) is 55.8 Å². The van der Waals surface area contributed by atoms with E-state index in [4.69, 9.17) is 9.47 Å².